The molecule has 0 saturated carbocycles. The van der Waals surface area contributed by atoms with Crippen molar-refractivity contribution in [2.24, 2.45) is 5.73 Å². The highest BCUT2D eigenvalue weighted by Gasteiger charge is 2.10. The van der Waals surface area contributed by atoms with Crippen LogP contribution in [0.2, 0.25) is 5.02 Å². The third-order valence-electron chi connectivity index (χ3n) is 2.23. The number of hydrogen-bond donors (Lipinski definition) is 2. The van der Waals surface area contributed by atoms with Crippen molar-refractivity contribution in [2.75, 3.05) is 0 Å². The van der Waals surface area contributed by atoms with Gasteiger partial charge in [0.15, 0.2) is 0 Å². The Balaban J connectivity index is 2.55. The van der Waals surface area contributed by atoms with Gasteiger partial charge in [-0.2, -0.15) is 0 Å². The van der Waals surface area contributed by atoms with Crippen LogP contribution in [0.25, 0.3) is 0 Å². The van der Waals surface area contributed by atoms with Crippen LogP contribution < -0.4 is 11.1 Å². The van der Waals surface area contributed by atoms with Crippen molar-refractivity contribution >= 4 is 17.5 Å². The number of carbonyl (C=O) groups excluding carboxylic acids is 1. The second kappa shape index (κ2) is 5.82. The minimum atomic E-state index is -0.504. The standard InChI is InChI=1S/C11H14ClFN2O/c1-2-10(14)11(16)15-6-7-3-4-9(13)8(12)5-7/h3-5,10H,2,6,14H2,1H3,(H,15,16). The van der Waals surface area contributed by atoms with Crippen LogP contribution in [0.1, 0.15) is 18.9 Å². The Kier molecular flexibility index (Phi) is 4.71. The quantitative estimate of drug-likeness (QED) is 0.849. The highest BCUT2D eigenvalue weighted by atomic mass is 35.5. The summed E-state index contributed by atoms with van der Waals surface area (Å²) in [5.41, 5.74) is 6.28. The number of benzene rings is 1. The van der Waals surface area contributed by atoms with Gasteiger partial charge in [0.1, 0.15) is 5.82 Å². The van der Waals surface area contributed by atoms with E-state index >= 15 is 0 Å². The van der Waals surface area contributed by atoms with E-state index in [9.17, 15) is 9.18 Å². The average molecular weight is 245 g/mol. The van der Waals surface area contributed by atoms with E-state index in [1.165, 1.54) is 12.1 Å². The molecule has 0 aliphatic carbocycles. The zero-order chi connectivity index (χ0) is 12.1. The topological polar surface area (TPSA) is 55.1 Å². The predicted molar refractivity (Wildman–Crippen MR) is 61.5 cm³/mol. The first-order chi connectivity index (χ1) is 7.54. The largest absolute Gasteiger partial charge is 0.351 e. The Hall–Kier alpha value is -1.13. The van der Waals surface area contributed by atoms with Gasteiger partial charge in [-0.05, 0) is 24.1 Å². The van der Waals surface area contributed by atoms with Crippen LogP contribution in [0.5, 0.6) is 0 Å². The Morgan fingerprint density at radius 2 is 2.31 bits per heavy atom. The Morgan fingerprint density at radius 3 is 2.88 bits per heavy atom. The molecular formula is C11H14ClFN2O. The normalized spacial score (nSPS) is 12.2. The molecule has 1 atom stereocenters. The molecule has 0 spiro atoms. The van der Waals surface area contributed by atoms with E-state index in [0.717, 1.165) is 5.56 Å². The van der Waals surface area contributed by atoms with Gasteiger partial charge in [0.25, 0.3) is 0 Å². The SMILES string of the molecule is CCC(N)C(=O)NCc1ccc(F)c(Cl)c1. The molecular weight excluding hydrogens is 231 g/mol. The lowest BCUT2D eigenvalue weighted by Crippen LogP contribution is -2.39. The molecule has 0 bridgehead atoms. The van der Waals surface area contributed by atoms with E-state index in [-0.39, 0.29) is 10.9 Å². The van der Waals surface area contributed by atoms with Gasteiger partial charge in [-0.3, -0.25) is 4.79 Å². The van der Waals surface area contributed by atoms with E-state index in [1.807, 2.05) is 6.92 Å². The maximum absolute atomic E-state index is 12.8. The van der Waals surface area contributed by atoms with Gasteiger partial charge in [0, 0.05) is 6.54 Å². The molecule has 16 heavy (non-hydrogen) atoms. The van der Waals surface area contributed by atoms with Crippen molar-refractivity contribution in [1.29, 1.82) is 0 Å². The van der Waals surface area contributed by atoms with Gasteiger partial charge in [-0.25, -0.2) is 4.39 Å². The molecule has 1 unspecified atom stereocenters. The molecule has 3 nitrogen and oxygen atoms in total. The van der Waals surface area contributed by atoms with E-state index in [4.69, 9.17) is 17.3 Å². The smallest absolute Gasteiger partial charge is 0.237 e. The molecule has 1 rings (SSSR count). The number of amides is 1. The van der Waals surface area contributed by atoms with Crippen molar-refractivity contribution in [3.63, 3.8) is 0 Å². The van der Waals surface area contributed by atoms with Crippen molar-refractivity contribution in [2.45, 2.75) is 25.9 Å². The third-order valence-corrected chi connectivity index (χ3v) is 2.52. The van der Waals surface area contributed by atoms with Crippen LogP contribution in [0, 0.1) is 5.82 Å². The molecule has 0 aliphatic rings. The summed E-state index contributed by atoms with van der Waals surface area (Å²) in [6.07, 6.45) is 0.579. The summed E-state index contributed by atoms with van der Waals surface area (Å²) in [4.78, 5) is 11.4. The van der Waals surface area contributed by atoms with Gasteiger partial charge in [-0.1, -0.05) is 24.6 Å². The summed E-state index contributed by atoms with van der Waals surface area (Å²) in [5, 5.41) is 2.70. The maximum Gasteiger partial charge on any atom is 0.237 e. The lowest BCUT2D eigenvalue weighted by molar-refractivity contribution is -0.122. The van der Waals surface area contributed by atoms with Crippen LogP contribution in [0.3, 0.4) is 0 Å². The van der Waals surface area contributed by atoms with Crippen molar-refractivity contribution < 1.29 is 9.18 Å². The molecule has 0 radical (unpaired) electrons. The molecule has 0 fully saturated rings. The van der Waals surface area contributed by atoms with Gasteiger partial charge in [0.2, 0.25) is 5.91 Å². The summed E-state index contributed by atoms with van der Waals surface area (Å²) in [5.74, 6) is -0.690. The van der Waals surface area contributed by atoms with Gasteiger partial charge in [-0.15, -0.1) is 0 Å². The van der Waals surface area contributed by atoms with Crippen LogP contribution in [0.4, 0.5) is 4.39 Å². The predicted octanol–water partition coefficient (Wildman–Crippen LogP) is 1.83. The fraction of sp³-hybridized carbons (Fsp3) is 0.364. The van der Waals surface area contributed by atoms with E-state index in [1.54, 1.807) is 6.07 Å². The molecule has 0 aromatic heterocycles. The second-order valence-corrected chi connectivity index (χ2v) is 3.89. The number of halogens is 2. The van der Waals surface area contributed by atoms with E-state index in [2.05, 4.69) is 5.32 Å². The molecule has 0 saturated heterocycles. The van der Waals surface area contributed by atoms with Gasteiger partial charge >= 0.3 is 0 Å². The van der Waals surface area contributed by atoms with Crippen LogP contribution in [-0.4, -0.2) is 11.9 Å². The third kappa shape index (κ3) is 3.47. The van der Waals surface area contributed by atoms with E-state index in [0.29, 0.717) is 13.0 Å². The summed E-state index contributed by atoms with van der Waals surface area (Å²) in [6, 6.07) is 3.81. The maximum atomic E-state index is 12.8. The van der Waals surface area contributed by atoms with Crippen molar-refractivity contribution in [3.8, 4) is 0 Å². The number of hydrogen-bond acceptors (Lipinski definition) is 2. The molecule has 5 heteroatoms. The Bertz CT molecular complexity index is 384. The fourth-order valence-corrected chi connectivity index (χ4v) is 1.36. The average Bonchev–Trinajstić information content (AvgIpc) is 2.29. The first-order valence-electron chi connectivity index (χ1n) is 5.01. The molecule has 3 N–H and O–H groups in total. The first kappa shape index (κ1) is 12.9. The summed E-state index contributed by atoms with van der Waals surface area (Å²) in [6.45, 7) is 2.13. The van der Waals surface area contributed by atoms with Crippen LogP contribution in [-0.2, 0) is 11.3 Å². The van der Waals surface area contributed by atoms with Crippen molar-refractivity contribution in [3.05, 3.63) is 34.6 Å². The highest BCUT2D eigenvalue weighted by Crippen LogP contribution is 2.15. The molecule has 0 heterocycles. The lowest BCUT2D eigenvalue weighted by Gasteiger charge is -2.10. The molecule has 0 aliphatic heterocycles. The fourth-order valence-electron chi connectivity index (χ4n) is 1.16. The number of rotatable bonds is 4. The molecule has 1 amide bonds. The zero-order valence-corrected chi connectivity index (χ0v) is 9.72. The zero-order valence-electron chi connectivity index (χ0n) is 8.97. The first-order valence-corrected chi connectivity index (χ1v) is 5.39. The highest BCUT2D eigenvalue weighted by molar-refractivity contribution is 6.30. The number of nitrogens with two attached hydrogens (primary N) is 1. The monoisotopic (exact) mass is 244 g/mol. The van der Waals surface area contributed by atoms with Crippen molar-refractivity contribution in [1.82, 2.24) is 5.32 Å². The number of carbonyl (C=O) groups is 1. The molecule has 1 aromatic rings. The van der Waals surface area contributed by atoms with E-state index < -0.39 is 11.9 Å². The molecule has 88 valence electrons. The second-order valence-electron chi connectivity index (χ2n) is 3.48. The van der Waals surface area contributed by atoms with Crippen LogP contribution >= 0.6 is 11.6 Å². The summed E-state index contributed by atoms with van der Waals surface area (Å²) >= 11 is 5.61. The summed E-state index contributed by atoms with van der Waals surface area (Å²) in [7, 11) is 0. The summed E-state index contributed by atoms with van der Waals surface area (Å²) < 4.78 is 12.8. The lowest BCUT2D eigenvalue weighted by atomic mass is 10.2. The van der Waals surface area contributed by atoms with Gasteiger partial charge < -0.3 is 11.1 Å². The number of nitrogens with one attached hydrogen (secondary N) is 1. The van der Waals surface area contributed by atoms with Gasteiger partial charge in [0.05, 0.1) is 11.1 Å². The Labute approximate surface area is 98.8 Å². The minimum Gasteiger partial charge on any atom is -0.351 e. The molecule has 1 aromatic carbocycles. The Morgan fingerprint density at radius 1 is 1.62 bits per heavy atom. The van der Waals surface area contributed by atoms with Crippen LogP contribution in [0.15, 0.2) is 18.2 Å². The minimum absolute atomic E-state index is 0.0477.